The van der Waals surface area contributed by atoms with Crippen LogP contribution in [0.2, 0.25) is 0 Å². The summed E-state index contributed by atoms with van der Waals surface area (Å²) in [4.78, 5) is 0. The van der Waals surface area contributed by atoms with E-state index < -0.39 is 0 Å². The van der Waals surface area contributed by atoms with E-state index in [4.69, 9.17) is 4.42 Å². The Morgan fingerprint density at radius 1 is 0.909 bits per heavy atom. The molecule has 0 radical (unpaired) electrons. The molecule has 1 aromatic carbocycles. The Bertz CT molecular complexity index is 567. The number of halogens is 1. The van der Waals surface area contributed by atoms with Gasteiger partial charge in [-0.25, -0.2) is 4.39 Å². The summed E-state index contributed by atoms with van der Waals surface area (Å²) in [6.45, 7) is 0.895. The highest BCUT2D eigenvalue weighted by Gasteiger charge is 2.15. The van der Waals surface area contributed by atoms with E-state index in [1.807, 2.05) is 12.1 Å². The maximum Gasteiger partial charge on any atom is 0.158 e. The minimum Gasteiger partial charge on any atom is -0.455 e. The number of nitrogens with two attached hydrogens (primary N) is 1. The molecule has 0 bridgehead atoms. The molecule has 1 aliphatic rings. The number of quaternary nitrogens is 1. The van der Waals surface area contributed by atoms with Crippen LogP contribution < -0.4 is 5.32 Å². The first-order valence-corrected chi connectivity index (χ1v) is 8.49. The van der Waals surface area contributed by atoms with Crippen LogP contribution in [-0.4, -0.2) is 6.04 Å². The molecule has 0 spiro atoms. The van der Waals surface area contributed by atoms with E-state index in [-0.39, 0.29) is 5.82 Å². The van der Waals surface area contributed by atoms with Crippen LogP contribution in [0.3, 0.4) is 0 Å². The van der Waals surface area contributed by atoms with Gasteiger partial charge >= 0.3 is 0 Å². The molecule has 2 aromatic rings. The molecule has 3 rings (SSSR count). The third-order valence-corrected chi connectivity index (χ3v) is 4.59. The molecule has 0 aliphatic heterocycles. The second kappa shape index (κ2) is 7.59. The minimum atomic E-state index is -0.215. The summed E-state index contributed by atoms with van der Waals surface area (Å²) in [5.74, 6) is 1.61. The molecule has 2 N–H and O–H groups in total. The molecule has 118 valence electrons. The van der Waals surface area contributed by atoms with Crippen LogP contribution in [0, 0.1) is 5.82 Å². The van der Waals surface area contributed by atoms with Crippen molar-refractivity contribution in [2.24, 2.45) is 0 Å². The number of hydrogen-bond donors (Lipinski definition) is 1. The van der Waals surface area contributed by atoms with Crippen molar-refractivity contribution in [3.63, 3.8) is 0 Å². The van der Waals surface area contributed by atoms with Gasteiger partial charge < -0.3 is 9.73 Å². The zero-order chi connectivity index (χ0) is 15.2. The van der Waals surface area contributed by atoms with Gasteiger partial charge in [-0.3, -0.25) is 0 Å². The van der Waals surface area contributed by atoms with Crippen LogP contribution in [0.15, 0.2) is 40.8 Å². The molecule has 0 saturated heterocycles. The normalized spacial score (nSPS) is 17.1. The van der Waals surface area contributed by atoms with E-state index in [0.29, 0.717) is 0 Å². The fourth-order valence-electron chi connectivity index (χ4n) is 3.26. The Kier molecular flexibility index (Phi) is 5.28. The first-order valence-electron chi connectivity index (χ1n) is 8.49. The largest absolute Gasteiger partial charge is 0.455 e. The van der Waals surface area contributed by atoms with E-state index in [2.05, 4.69) is 5.32 Å². The molecule has 3 heteroatoms. The van der Waals surface area contributed by atoms with Gasteiger partial charge in [-0.2, -0.15) is 0 Å². The van der Waals surface area contributed by atoms with Gasteiger partial charge in [0, 0.05) is 5.56 Å². The highest BCUT2D eigenvalue weighted by Crippen LogP contribution is 2.22. The van der Waals surface area contributed by atoms with E-state index in [9.17, 15) is 4.39 Å². The lowest BCUT2D eigenvalue weighted by molar-refractivity contribution is -0.707. The van der Waals surface area contributed by atoms with Gasteiger partial charge in [-0.05, 0) is 62.1 Å². The third kappa shape index (κ3) is 4.20. The molecule has 0 atom stereocenters. The van der Waals surface area contributed by atoms with Crippen LogP contribution in [0.1, 0.15) is 50.7 Å². The standard InChI is InChI=1S/C19H24FNO/c20-16-10-8-15(9-11-16)19-13-12-18(22-19)14-21-17-6-4-2-1-3-5-7-17/h8-13,17,21H,1-7,14H2/p+1. The lowest BCUT2D eigenvalue weighted by atomic mass is 9.97. The maximum atomic E-state index is 13.0. The Morgan fingerprint density at radius 3 is 2.32 bits per heavy atom. The van der Waals surface area contributed by atoms with Gasteiger partial charge in [0.2, 0.25) is 0 Å². The van der Waals surface area contributed by atoms with Crippen LogP contribution in [0.4, 0.5) is 4.39 Å². The third-order valence-electron chi connectivity index (χ3n) is 4.59. The molecular formula is C19H25FNO+. The average molecular weight is 302 g/mol. The average Bonchev–Trinajstić information content (AvgIpc) is 2.96. The highest BCUT2D eigenvalue weighted by molar-refractivity contribution is 5.57. The predicted octanol–water partition coefficient (Wildman–Crippen LogP) is 4.26. The van der Waals surface area contributed by atoms with Crippen molar-refractivity contribution in [3.05, 3.63) is 48.0 Å². The van der Waals surface area contributed by atoms with Crippen LogP contribution in [0.25, 0.3) is 11.3 Å². The Morgan fingerprint density at radius 2 is 1.59 bits per heavy atom. The van der Waals surface area contributed by atoms with Crippen LogP contribution in [0.5, 0.6) is 0 Å². The molecule has 1 aliphatic carbocycles. The van der Waals surface area contributed by atoms with E-state index in [0.717, 1.165) is 29.7 Å². The molecule has 1 aromatic heterocycles. The Balaban J connectivity index is 1.56. The first kappa shape index (κ1) is 15.3. The van der Waals surface area contributed by atoms with Gasteiger partial charge in [-0.1, -0.05) is 19.3 Å². The van der Waals surface area contributed by atoms with Gasteiger partial charge in [-0.15, -0.1) is 0 Å². The number of hydrogen-bond acceptors (Lipinski definition) is 1. The van der Waals surface area contributed by atoms with Gasteiger partial charge in [0.15, 0.2) is 5.76 Å². The molecule has 1 heterocycles. The van der Waals surface area contributed by atoms with E-state index >= 15 is 0 Å². The van der Waals surface area contributed by atoms with Crippen molar-refractivity contribution in [2.75, 3.05) is 0 Å². The van der Waals surface area contributed by atoms with Crippen molar-refractivity contribution in [1.82, 2.24) is 0 Å². The second-order valence-electron chi connectivity index (χ2n) is 6.32. The summed E-state index contributed by atoms with van der Waals surface area (Å²) in [5, 5.41) is 2.43. The summed E-state index contributed by atoms with van der Waals surface area (Å²) < 4.78 is 18.9. The first-order chi connectivity index (χ1) is 10.8. The van der Waals surface area contributed by atoms with Crippen LogP contribution >= 0.6 is 0 Å². The molecule has 2 nitrogen and oxygen atoms in total. The van der Waals surface area contributed by atoms with Crippen molar-refractivity contribution < 1.29 is 14.1 Å². The SMILES string of the molecule is Fc1ccc(-c2ccc(C[NH2+]C3CCCCCCC3)o2)cc1. The van der Waals surface area contributed by atoms with Gasteiger partial charge in [0.1, 0.15) is 18.1 Å². The number of rotatable bonds is 4. The zero-order valence-electron chi connectivity index (χ0n) is 13.1. The monoisotopic (exact) mass is 302 g/mol. The van der Waals surface area contributed by atoms with Crippen molar-refractivity contribution in [2.45, 2.75) is 57.5 Å². The Hall–Kier alpha value is -1.61. The molecular weight excluding hydrogens is 277 g/mol. The second-order valence-corrected chi connectivity index (χ2v) is 6.32. The topological polar surface area (TPSA) is 29.8 Å². The lowest BCUT2D eigenvalue weighted by Crippen LogP contribution is -2.88. The molecule has 0 amide bonds. The maximum absolute atomic E-state index is 13.0. The molecule has 22 heavy (non-hydrogen) atoms. The summed E-state index contributed by atoms with van der Waals surface area (Å²) in [7, 11) is 0. The summed E-state index contributed by atoms with van der Waals surface area (Å²) in [6.07, 6.45) is 9.56. The van der Waals surface area contributed by atoms with E-state index in [1.165, 1.54) is 57.1 Å². The van der Waals surface area contributed by atoms with Gasteiger partial charge in [0.25, 0.3) is 0 Å². The predicted molar refractivity (Wildman–Crippen MR) is 85.8 cm³/mol. The zero-order valence-corrected chi connectivity index (χ0v) is 13.1. The smallest absolute Gasteiger partial charge is 0.158 e. The highest BCUT2D eigenvalue weighted by atomic mass is 19.1. The quantitative estimate of drug-likeness (QED) is 0.898. The lowest BCUT2D eigenvalue weighted by Gasteiger charge is -2.17. The summed E-state index contributed by atoms with van der Waals surface area (Å²) >= 11 is 0. The molecule has 0 unspecified atom stereocenters. The number of benzene rings is 1. The van der Waals surface area contributed by atoms with Crippen LogP contribution in [-0.2, 0) is 6.54 Å². The minimum absolute atomic E-state index is 0.215. The summed E-state index contributed by atoms with van der Waals surface area (Å²) in [5.41, 5.74) is 0.929. The fraction of sp³-hybridized carbons (Fsp3) is 0.474. The molecule has 1 saturated carbocycles. The van der Waals surface area contributed by atoms with Crippen molar-refractivity contribution in [1.29, 1.82) is 0 Å². The van der Waals surface area contributed by atoms with E-state index in [1.54, 1.807) is 12.1 Å². The van der Waals surface area contributed by atoms with Crippen molar-refractivity contribution >= 4 is 0 Å². The Labute approximate surface area is 131 Å². The molecule has 1 fully saturated rings. The van der Waals surface area contributed by atoms with Crippen molar-refractivity contribution in [3.8, 4) is 11.3 Å². The van der Waals surface area contributed by atoms with Gasteiger partial charge in [0.05, 0.1) is 6.04 Å². The fourth-order valence-corrected chi connectivity index (χ4v) is 3.26. The summed E-state index contributed by atoms with van der Waals surface area (Å²) in [6, 6.07) is 11.2. The number of furan rings is 1.